The second-order valence-corrected chi connectivity index (χ2v) is 9.17. The van der Waals surface area contributed by atoms with Crippen LogP contribution in [0.5, 0.6) is 5.75 Å². The summed E-state index contributed by atoms with van der Waals surface area (Å²) in [5.41, 5.74) is 2.83. The number of ether oxygens (including phenoxy) is 1. The van der Waals surface area contributed by atoms with Gasteiger partial charge in [-0.15, -0.1) is 0 Å². The molecule has 3 amide bonds. The highest BCUT2D eigenvalue weighted by Crippen LogP contribution is 2.47. The summed E-state index contributed by atoms with van der Waals surface area (Å²) in [4.78, 5) is 38.4. The molecule has 1 fully saturated rings. The maximum absolute atomic E-state index is 13.6. The molecule has 1 heterocycles. The van der Waals surface area contributed by atoms with E-state index in [4.69, 9.17) is 0 Å². The van der Waals surface area contributed by atoms with Crippen molar-refractivity contribution in [1.29, 1.82) is 0 Å². The van der Waals surface area contributed by atoms with E-state index in [9.17, 15) is 34.1 Å². The number of carbonyl (C=O) groups excluding carboxylic acids is 3. The predicted octanol–water partition coefficient (Wildman–Crippen LogP) is 3.55. The Hall–Kier alpha value is -3.04. The Morgan fingerprint density at radius 2 is 2.03 bits per heavy atom. The molecule has 1 aromatic rings. The number of hydrogen-bond donors (Lipinski definition) is 3. The molecule has 1 saturated heterocycles. The van der Waals surface area contributed by atoms with Crippen molar-refractivity contribution in [1.82, 2.24) is 4.90 Å². The maximum Gasteiger partial charge on any atom is 0.423 e. The van der Waals surface area contributed by atoms with Gasteiger partial charge in [-0.3, -0.25) is 9.59 Å². The molecular formula is C26H32FNO7. The summed E-state index contributed by atoms with van der Waals surface area (Å²) in [5.74, 6) is -4.99. The molecule has 0 bridgehead atoms. The first-order valence-electron chi connectivity index (χ1n) is 11.8. The third kappa shape index (κ3) is 5.31. The van der Waals surface area contributed by atoms with Gasteiger partial charge in [-0.05, 0) is 55.9 Å². The number of halogens is 1. The molecule has 3 N–H and O–H groups in total. The number of phenols is 1. The van der Waals surface area contributed by atoms with Crippen molar-refractivity contribution in [2.75, 3.05) is 13.7 Å². The second-order valence-electron chi connectivity index (χ2n) is 9.17. The van der Waals surface area contributed by atoms with Crippen LogP contribution >= 0.6 is 0 Å². The highest BCUT2D eigenvalue weighted by Gasteiger charge is 2.57. The summed E-state index contributed by atoms with van der Waals surface area (Å²) in [5, 5.41) is 30.8. The summed E-state index contributed by atoms with van der Waals surface area (Å²) < 4.78 is 18.2. The van der Waals surface area contributed by atoms with Gasteiger partial charge in [0.25, 0.3) is 0 Å². The average Bonchev–Trinajstić information content (AvgIpc) is 3.08. The van der Waals surface area contributed by atoms with E-state index in [0.717, 1.165) is 24.7 Å². The van der Waals surface area contributed by atoms with Crippen molar-refractivity contribution in [3.8, 4) is 5.75 Å². The van der Waals surface area contributed by atoms with E-state index in [1.807, 2.05) is 13.8 Å². The second kappa shape index (κ2) is 11.1. The number of fused-ring (bicyclic) bond motifs is 1. The number of aromatic hydroxyl groups is 1. The van der Waals surface area contributed by atoms with E-state index in [-0.39, 0.29) is 6.42 Å². The molecule has 9 heteroatoms. The summed E-state index contributed by atoms with van der Waals surface area (Å²) in [6.07, 6.45) is 2.07. The number of hydrogen-bond acceptors (Lipinski definition) is 7. The van der Waals surface area contributed by atoms with Crippen LogP contribution in [0, 0.1) is 23.6 Å². The van der Waals surface area contributed by atoms with Crippen molar-refractivity contribution >= 4 is 24.0 Å². The van der Waals surface area contributed by atoms with Gasteiger partial charge in [0.2, 0.25) is 11.8 Å². The lowest BCUT2D eigenvalue weighted by molar-refractivity contribution is -0.137. The van der Waals surface area contributed by atoms with Crippen molar-refractivity contribution in [3.05, 3.63) is 46.3 Å². The van der Waals surface area contributed by atoms with E-state index < -0.39 is 59.9 Å². The fourth-order valence-electron chi connectivity index (χ4n) is 5.26. The van der Waals surface area contributed by atoms with Gasteiger partial charge in [0.15, 0.2) is 11.6 Å². The van der Waals surface area contributed by atoms with Crippen LogP contribution in [0.1, 0.15) is 51.5 Å². The van der Waals surface area contributed by atoms with Crippen molar-refractivity contribution in [3.63, 3.8) is 0 Å². The van der Waals surface area contributed by atoms with Gasteiger partial charge in [0.05, 0.1) is 31.7 Å². The first-order valence-corrected chi connectivity index (χ1v) is 11.8. The molecule has 0 saturated carbocycles. The van der Waals surface area contributed by atoms with E-state index in [1.165, 1.54) is 12.1 Å². The lowest BCUT2D eigenvalue weighted by atomic mass is 9.67. The van der Waals surface area contributed by atoms with Gasteiger partial charge < -0.3 is 20.1 Å². The molecule has 0 spiro atoms. The molecule has 1 aromatic carbocycles. The Balaban J connectivity index is 1.84. The number of methoxy groups -OCH3 is 1. The van der Waals surface area contributed by atoms with E-state index in [0.29, 0.717) is 35.3 Å². The summed E-state index contributed by atoms with van der Waals surface area (Å²) in [7, 11) is 1.09. The first-order chi connectivity index (χ1) is 16.6. The van der Waals surface area contributed by atoms with E-state index in [2.05, 4.69) is 4.74 Å². The van der Waals surface area contributed by atoms with E-state index >= 15 is 0 Å². The number of nitrogens with zero attached hydrogens (tertiary/aromatic N) is 1. The third-order valence-corrected chi connectivity index (χ3v) is 6.85. The van der Waals surface area contributed by atoms with Crippen molar-refractivity contribution in [2.24, 2.45) is 17.8 Å². The lowest BCUT2D eigenvalue weighted by Crippen LogP contribution is -2.40. The highest BCUT2D eigenvalue weighted by molar-refractivity contribution is 6.15. The molecule has 35 heavy (non-hydrogen) atoms. The first kappa shape index (κ1) is 26.6. The Bertz CT molecular complexity index is 1060. The number of aliphatic hydroxyl groups excluding tert-OH is 2. The maximum atomic E-state index is 13.6. The number of benzene rings is 1. The van der Waals surface area contributed by atoms with Gasteiger partial charge in [-0.1, -0.05) is 36.6 Å². The molecule has 0 unspecified atom stereocenters. The fraction of sp³-hybridized carbons (Fsp3) is 0.500. The van der Waals surface area contributed by atoms with Crippen LogP contribution in [0.3, 0.4) is 0 Å². The fourth-order valence-corrected chi connectivity index (χ4v) is 5.26. The van der Waals surface area contributed by atoms with Gasteiger partial charge >= 0.3 is 6.09 Å². The lowest BCUT2D eigenvalue weighted by Gasteiger charge is -2.36. The molecule has 3 rings (SSSR count). The molecule has 190 valence electrons. The van der Waals surface area contributed by atoms with Crippen LogP contribution in [0.25, 0.3) is 6.08 Å². The molecule has 0 aromatic heterocycles. The summed E-state index contributed by atoms with van der Waals surface area (Å²) in [6.45, 7) is 3.35. The third-order valence-electron chi connectivity index (χ3n) is 6.85. The zero-order valence-corrected chi connectivity index (χ0v) is 20.2. The minimum atomic E-state index is -1.04. The zero-order valence-electron chi connectivity index (χ0n) is 20.2. The minimum absolute atomic E-state index is 0.237. The number of allylic oxidation sites excluding steroid dienone is 2. The normalized spacial score (nSPS) is 23.5. The molecule has 8 nitrogen and oxygen atoms in total. The number of phenolic OH excluding ortho intramolecular Hbond substituents is 1. The van der Waals surface area contributed by atoms with Crippen LogP contribution in [0.15, 0.2) is 34.9 Å². The molecule has 1 aliphatic carbocycles. The van der Waals surface area contributed by atoms with Gasteiger partial charge in [0.1, 0.15) is 0 Å². The SMILES string of the molecule is CCCC1=C([C@H](O)CC/C(C)=C/c2ccc(O)c(F)c2)[C@H](CO)[C@@H]2C(=O)N(C(=O)OC)C(=O)[C@@H]2C1. The average molecular weight is 490 g/mol. The Morgan fingerprint density at radius 1 is 1.31 bits per heavy atom. The Kier molecular flexibility index (Phi) is 8.45. The number of aliphatic hydroxyl groups is 2. The summed E-state index contributed by atoms with van der Waals surface area (Å²) >= 11 is 0. The van der Waals surface area contributed by atoms with Crippen LogP contribution < -0.4 is 0 Å². The van der Waals surface area contributed by atoms with Gasteiger partial charge in [0, 0.05) is 5.92 Å². The largest absolute Gasteiger partial charge is 0.505 e. The smallest absolute Gasteiger partial charge is 0.423 e. The Morgan fingerprint density at radius 3 is 2.63 bits per heavy atom. The molecule has 0 radical (unpaired) electrons. The monoisotopic (exact) mass is 489 g/mol. The highest BCUT2D eigenvalue weighted by atomic mass is 19.1. The molecule has 1 aliphatic heterocycles. The molecule has 4 atom stereocenters. The van der Waals surface area contributed by atoms with Crippen LogP contribution in [-0.4, -0.2) is 57.9 Å². The number of amides is 3. The van der Waals surface area contributed by atoms with Crippen LogP contribution in [-0.2, 0) is 14.3 Å². The van der Waals surface area contributed by atoms with Crippen molar-refractivity contribution in [2.45, 2.75) is 52.1 Å². The molecule has 2 aliphatic rings. The Labute approximate surface area is 203 Å². The predicted molar refractivity (Wildman–Crippen MR) is 125 cm³/mol. The van der Waals surface area contributed by atoms with Crippen LogP contribution in [0.4, 0.5) is 9.18 Å². The minimum Gasteiger partial charge on any atom is -0.505 e. The van der Waals surface area contributed by atoms with Crippen LogP contribution in [0.2, 0.25) is 0 Å². The summed E-state index contributed by atoms with van der Waals surface area (Å²) in [6, 6.07) is 4.07. The van der Waals surface area contributed by atoms with Crippen molar-refractivity contribution < 1.29 is 38.8 Å². The number of carbonyl (C=O) groups is 3. The standard InChI is InChI=1S/C26H32FNO7/c1-4-5-16-12-17-23(25(33)28(24(17)32)26(34)35-3)18(13-29)22(16)21(31)8-6-14(2)10-15-7-9-20(30)19(27)11-15/h7,9-11,17-18,21,23,29-31H,4-6,8,12-13H2,1-3H3/b14-10+/t17-,18+,21-,23-/m1/s1. The quantitative estimate of drug-likeness (QED) is 0.377. The van der Waals surface area contributed by atoms with Gasteiger partial charge in [-0.2, -0.15) is 4.90 Å². The van der Waals surface area contributed by atoms with Gasteiger partial charge in [-0.25, -0.2) is 9.18 Å². The topological polar surface area (TPSA) is 124 Å². The van der Waals surface area contributed by atoms with E-state index in [1.54, 1.807) is 12.1 Å². The number of imide groups is 3. The molecular weight excluding hydrogens is 457 g/mol. The zero-order chi connectivity index (χ0) is 25.9. The number of rotatable bonds is 8. The number of likely N-dealkylation sites (tertiary alicyclic amines) is 1.